The summed E-state index contributed by atoms with van der Waals surface area (Å²) in [7, 11) is 3.80. The average molecular weight is 333 g/mol. The van der Waals surface area contributed by atoms with Gasteiger partial charge in [0, 0.05) is 13.1 Å². The van der Waals surface area contributed by atoms with E-state index in [4.69, 9.17) is 0 Å². The standard InChI is InChI=1S/C19H31N3O2/c1-19(24,14-22(2)3)13-20-18(23)21-17(12-15-8-7-9-15)16-10-5-4-6-11-16/h4-6,10-11,15,17,24H,7-9,12-14H2,1-3H3,(H2,20,21,23). The number of aliphatic hydroxyl groups is 1. The highest BCUT2D eigenvalue weighted by molar-refractivity contribution is 5.74. The highest BCUT2D eigenvalue weighted by Gasteiger charge is 2.26. The van der Waals surface area contributed by atoms with Crippen molar-refractivity contribution in [1.82, 2.24) is 15.5 Å². The first-order valence-electron chi connectivity index (χ1n) is 8.82. The summed E-state index contributed by atoms with van der Waals surface area (Å²) in [5.74, 6) is 0.701. The molecule has 1 fully saturated rings. The van der Waals surface area contributed by atoms with Crippen LogP contribution in [0.3, 0.4) is 0 Å². The number of carbonyl (C=O) groups excluding carboxylic acids is 1. The Hall–Kier alpha value is -1.59. The van der Waals surface area contributed by atoms with Crippen LogP contribution < -0.4 is 10.6 Å². The fraction of sp³-hybridized carbons (Fsp3) is 0.632. The van der Waals surface area contributed by atoms with Crippen LogP contribution in [0.2, 0.25) is 0 Å². The lowest BCUT2D eigenvalue weighted by atomic mass is 9.79. The Balaban J connectivity index is 1.89. The zero-order valence-corrected chi connectivity index (χ0v) is 15.1. The minimum absolute atomic E-state index is 0.0234. The van der Waals surface area contributed by atoms with Crippen LogP contribution in [-0.2, 0) is 0 Å². The minimum Gasteiger partial charge on any atom is -0.387 e. The molecular weight excluding hydrogens is 302 g/mol. The van der Waals surface area contributed by atoms with E-state index >= 15 is 0 Å². The first-order chi connectivity index (χ1) is 11.4. The van der Waals surface area contributed by atoms with E-state index in [1.165, 1.54) is 19.3 Å². The molecule has 1 aromatic rings. The lowest BCUT2D eigenvalue weighted by molar-refractivity contribution is 0.0359. The van der Waals surface area contributed by atoms with Crippen LogP contribution in [0.25, 0.3) is 0 Å². The lowest BCUT2D eigenvalue weighted by Crippen LogP contribution is -2.50. The van der Waals surface area contributed by atoms with Gasteiger partial charge in [-0.1, -0.05) is 49.6 Å². The van der Waals surface area contributed by atoms with Crippen molar-refractivity contribution in [3.8, 4) is 0 Å². The maximum absolute atomic E-state index is 12.3. The van der Waals surface area contributed by atoms with Crippen LogP contribution in [0.5, 0.6) is 0 Å². The predicted molar refractivity (Wildman–Crippen MR) is 96.9 cm³/mol. The van der Waals surface area contributed by atoms with Gasteiger partial charge in [-0.3, -0.25) is 0 Å². The number of nitrogens with one attached hydrogen (secondary N) is 2. The summed E-state index contributed by atoms with van der Waals surface area (Å²) in [6, 6.07) is 9.92. The van der Waals surface area contributed by atoms with Crippen molar-refractivity contribution in [2.45, 2.75) is 44.2 Å². The molecular formula is C19H31N3O2. The molecule has 0 spiro atoms. The van der Waals surface area contributed by atoms with Gasteiger partial charge in [-0.2, -0.15) is 0 Å². The number of hydrogen-bond acceptors (Lipinski definition) is 3. The number of carbonyl (C=O) groups is 1. The molecule has 1 saturated carbocycles. The van der Waals surface area contributed by atoms with E-state index in [9.17, 15) is 9.90 Å². The fourth-order valence-electron chi connectivity index (χ4n) is 3.24. The van der Waals surface area contributed by atoms with Crippen molar-refractivity contribution >= 4 is 6.03 Å². The highest BCUT2D eigenvalue weighted by atomic mass is 16.3. The third kappa shape index (κ3) is 6.13. The van der Waals surface area contributed by atoms with Crippen molar-refractivity contribution in [1.29, 1.82) is 0 Å². The van der Waals surface area contributed by atoms with Gasteiger partial charge in [0.1, 0.15) is 0 Å². The topological polar surface area (TPSA) is 64.6 Å². The molecule has 0 heterocycles. The van der Waals surface area contributed by atoms with Crippen LogP contribution in [0.4, 0.5) is 4.79 Å². The second-order valence-electron chi connectivity index (χ2n) is 7.56. The Kier molecular flexibility index (Phi) is 6.63. The number of nitrogens with zero attached hydrogens (tertiary/aromatic N) is 1. The van der Waals surface area contributed by atoms with Crippen molar-refractivity contribution in [3.63, 3.8) is 0 Å². The average Bonchev–Trinajstić information content (AvgIpc) is 2.47. The number of benzene rings is 1. The number of rotatable bonds is 8. The molecule has 1 aliphatic carbocycles. The van der Waals surface area contributed by atoms with E-state index in [2.05, 4.69) is 22.8 Å². The Labute approximate surface area is 145 Å². The molecule has 1 aliphatic rings. The predicted octanol–water partition coefficient (Wildman–Crippen LogP) is 2.53. The third-order valence-electron chi connectivity index (χ3n) is 4.59. The van der Waals surface area contributed by atoms with Gasteiger partial charge >= 0.3 is 6.03 Å². The molecule has 0 aromatic heterocycles. The molecule has 1 aromatic carbocycles. The van der Waals surface area contributed by atoms with Crippen LogP contribution in [0.1, 0.15) is 44.2 Å². The largest absolute Gasteiger partial charge is 0.387 e. The number of hydrogen-bond donors (Lipinski definition) is 3. The van der Waals surface area contributed by atoms with Crippen molar-refractivity contribution < 1.29 is 9.90 Å². The minimum atomic E-state index is -0.947. The summed E-state index contributed by atoms with van der Waals surface area (Å²) in [4.78, 5) is 14.2. The van der Waals surface area contributed by atoms with E-state index < -0.39 is 5.60 Å². The summed E-state index contributed by atoms with van der Waals surface area (Å²) in [6.07, 6.45) is 4.78. The van der Waals surface area contributed by atoms with Crippen molar-refractivity contribution in [3.05, 3.63) is 35.9 Å². The zero-order valence-electron chi connectivity index (χ0n) is 15.1. The van der Waals surface area contributed by atoms with Crippen molar-refractivity contribution in [2.75, 3.05) is 27.2 Å². The number of likely N-dealkylation sites (N-methyl/N-ethyl adjacent to an activating group) is 1. The molecule has 0 saturated heterocycles. The quantitative estimate of drug-likeness (QED) is 0.685. The van der Waals surface area contributed by atoms with Crippen LogP contribution in [0, 0.1) is 5.92 Å². The van der Waals surface area contributed by atoms with Gasteiger partial charge < -0.3 is 20.6 Å². The molecule has 2 amide bonds. The molecule has 2 atom stereocenters. The Morgan fingerprint density at radius 3 is 2.54 bits per heavy atom. The molecule has 0 aliphatic heterocycles. The summed E-state index contributed by atoms with van der Waals surface area (Å²) < 4.78 is 0. The maximum atomic E-state index is 12.3. The molecule has 134 valence electrons. The van der Waals surface area contributed by atoms with Gasteiger partial charge in [-0.15, -0.1) is 0 Å². The summed E-state index contributed by atoms with van der Waals surface area (Å²) >= 11 is 0. The monoisotopic (exact) mass is 333 g/mol. The normalized spacial score (nSPS) is 18.5. The van der Waals surface area contributed by atoms with Crippen LogP contribution in [-0.4, -0.2) is 48.8 Å². The van der Waals surface area contributed by atoms with Crippen LogP contribution in [0.15, 0.2) is 30.3 Å². The highest BCUT2D eigenvalue weighted by Crippen LogP contribution is 2.34. The van der Waals surface area contributed by atoms with Gasteiger partial charge in [0.2, 0.25) is 0 Å². The Morgan fingerprint density at radius 2 is 2.00 bits per heavy atom. The Morgan fingerprint density at radius 1 is 1.33 bits per heavy atom. The Bertz CT molecular complexity index is 513. The van der Waals surface area contributed by atoms with Crippen molar-refractivity contribution in [2.24, 2.45) is 5.92 Å². The molecule has 3 N–H and O–H groups in total. The second-order valence-corrected chi connectivity index (χ2v) is 7.56. The van der Waals surface area contributed by atoms with Gasteiger partial charge in [0.15, 0.2) is 0 Å². The molecule has 5 nitrogen and oxygen atoms in total. The van der Waals surface area contributed by atoms with E-state index in [0.717, 1.165) is 12.0 Å². The molecule has 5 heteroatoms. The molecule has 24 heavy (non-hydrogen) atoms. The summed E-state index contributed by atoms with van der Waals surface area (Å²) in [5.41, 5.74) is 0.191. The van der Waals surface area contributed by atoms with Gasteiger partial charge in [0.05, 0.1) is 11.6 Å². The first-order valence-corrected chi connectivity index (χ1v) is 8.82. The SMILES string of the molecule is CN(C)CC(C)(O)CNC(=O)NC(CC1CCC1)c1ccccc1. The van der Waals surface area contributed by atoms with E-state index in [-0.39, 0.29) is 18.6 Å². The summed E-state index contributed by atoms with van der Waals surface area (Å²) in [6.45, 7) is 2.45. The molecule has 0 radical (unpaired) electrons. The maximum Gasteiger partial charge on any atom is 0.315 e. The van der Waals surface area contributed by atoms with Gasteiger partial charge in [-0.25, -0.2) is 4.79 Å². The molecule has 2 unspecified atom stereocenters. The lowest BCUT2D eigenvalue weighted by Gasteiger charge is -2.31. The second kappa shape index (κ2) is 8.49. The van der Waals surface area contributed by atoms with Crippen LogP contribution >= 0.6 is 0 Å². The molecule has 0 bridgehead atoms. The van der Waals surface area contributed by atoms with E-state index in [1.54, 1.807) is 6.92 Å². The smallest absolute Gasteiger partial charge is 0.315 e. The molecule has 2 rings (SSSR count). The van der Waals surface area contributed by atoms with Gasteiger partial charge in [0.25, 0.3) is 0 Å². The van der Waals surface area contributed by atoms with Gasteiger partial charge in [-0.05, 0) is 38.9 Å². The van der Waals surface area contributed by atoms with E-state index in [0.29, 0.717) is 12.5 Å². The summed E-state index contributed by atoms with van der Waals surface area (Å²) in [5, 5.41) is 16.2. The zero-order chi connectivity index (χ0) is 17.6. The first kappa shape index (κ1) is 18.7. The third-order valence-corrected chi connectivity index (χ3v) is 4.59. The fourth-order valence-corrected chi connectivity index (χ4v) is 3.24. The number of urea groups is 1. The van der Waals surface area contributed by atoms with E-state index in [1.807, 2.05) is 37.2 Å². The number of amides is 2.